The number of alkyl halides is 3. The van der Waals surface area contributed by atoms with Crippen molar-refractivity contribution in [3.63, 3.8) is 0 Å². The lowest BCUT2D eigenvalue weighted by atomic mass is 10.1. The average Bonchev–Trinajstić information content (AvgIpc) is 3.49. The second kappa shape index (κ2) is 7.00. The third kappa shape index (κ3) is 3.63. The minimum Gasteiger partial charge on any atom is -0.413 e. The molecule has 31 heavy (non-hydrogen) atoms. The summed E-state index contributed by atoms with van der Waals surface area (Å²) >= 11 is 0. The molecule has 0 radical (unpaired) electrons. The van der Waals surface area contributed by atoms with E-state index in [4.69, 9.17) is 0 Å². The number of hydrogen-bond acceptors (Lipinski definition) is 6. The molecular weight excluding hydrogens is 418 g/mol. The molecule has 0 spiro atoms. The van der Waals surface area contributed by atoms with E-state index in [9.17, 15) is 17.6 Å². The van der Waals surface area contributed by atoms with E-state index in [0.717, 1.165) is 28.7 Å². The monoisotopic (exact) mass is 429 g/mol. The van der Waals surface area contributed by atoms with Crippen molar-refractivity contribution >= 4 is 10.9 Å². The number of hydrogen-bond donors (Lipinski definition) is 1. The van der Waals surface area contributed by atoms with Gasteiger partial charge in [0.15, 0.2) is 0 Å². The summed E-state index contributed by atoms with van der Waals surface area (Å²) in [5.41, 5.74) is 2.34. The van der Waals surface area contributed by atoms with Crippen LogP contribution in [0.2, 0.25) is 0 Å². The lowest BCUT2D eigenvalue weighted by molar-refractivity contribution is -0.156. The van der Waals surface area contributed by atoms with Gasteiger partial charge in [-0.15, -0.1) is 15.3 Å². The van der Waals surface area contributed by atoms with Crippen LogP contribution >= 0.6 is 0 Å². The maximum Gasteiger partial charge on any atom is 0.470 e. The zero-order valence-corrected chi connectivity index (χ0v) is 15.4. The molecule has 12 heteroatoms. The Morgan fingerprint density at radius 2 is 1.90 bits per heavy atom. The van der Waals surface area contributed by atoms with Crippen LogP contribution in [-0.4, -0.2) is 35.2 Å². The van der Waals surface area contributed by atoms with Crippen molar-refractivity contribution in [3.8, 4) is 22.7 Å². The number of nitrogens with one attached hydrogen (secondary N) is 1. The number of fused-ring (bicyclic) bond motifs is 1. The van der Waals surface area contributed by atoms with E-state index in [-0.39, 0.29) is 17.8 Å². The first kappa shape index (κ1) is 18.9. The number of H-pyrrole nitrogens is 1. The Bertz CT molecular complexity index is 1390. The van der Waals surface area contributed by atoms with Gasteiger partial charge >= 0.3 is 12.1 Å². The zero-order valence-electron chi connectivity index (χ0n) is 15.4. The smallest absolute Gasteiger partial charge is 0.413 e. The second-order valence-electron chi connectivity index (χ2n) is 6.64. The van der Waals surface area contributed by atoms with Crippen LogP contribution in [0.15, 0.2) is 53.3 Å². The highest BCUT2D eigenvalue weighted by atomic mass is 19.4. The topological polar surface area (TPSA) is 98.3 Å². The fourth-order valence-corrected chi connectivity index (χ4v) is 3.02. The maximum absolute atomic E-state index is 14.5. The number of aromatic amines is 1. The molecule has 0 aliphatic heterocycles. The highest BCUT2D eigenvalue weighted by molar-refractivity contribution is 5.83. The average molecular weight is 429 g/mol. The molecule has 0 aliphatic carbocycles. The lowest BCUT2D eigenvalue weighted by Crippen LogP contribution is -2.05. The summed E-state index contributed by atoms with van der Waals surface area (Å²) in [5, 5.41) is 15.4. The fourth-order valence-electron chi connectivity index (χ4n) is 3.02. The van der Waals surface area contributed by atoms with E-state index in [1.807, 2.05) is 30.5 Å². The Morgan fingerprint density at radius 1 is 1.03 bits per heavy atom. The summed E-state index contributed by atoms with van der Waals surface area (Å²) in [4.78, 5) is 7.08. The molecular formula is C19H11F4N7O. The van der Waals surface area contributed by atoms with Gasteiger partial charge in [0.25, 0.3) is 0 Å². The first-order valence-corrected chi connectivity index (χ1v) is 8.90. The van der Waals surface area contributed by atoms with Crippen LogP contribution in [0.4, 0.5) is 17.6 Å². The quantitative estimate of drug-likeness (QED) is 0.433. The summed E-state index contributed by atoms with van der Waals surface area (Å²) < 4.78 is 58.2. The Labute approximate surface area is 170 Å². The molecule has 0 amide bonds. The predicted octanol–water partition coefficient (Wildman–Crippen LogP) is 4.08. The van der Waals surface area contributed by atoms with Crippen molar-refractivity contribution in [3.05, 3.63) is 66.3 Å². The van der Waals surface area contributed by atoms with Gasteiger partial charge in [0.05, 0.1) is 24.0 Å². The number of nitrogens with zero attached hydrogens (tertiary/aromatic N) is 6. The van der Waals surface area contributed by atoms with Crippen molar-refractivity contribution in [2.75, 3.05) is 0 Å². The highest BCUT2D eigenvalue weighted by Gasteiger charge is 2.38. The minimum absolute atomic E-state index is 0.0237. The Morgan fingerprint density at radius 3 is 2.68 bits per heavy atom. The van der Waals surface area contributed by atoms with Gasteiger partial charge in [-0.25, -0.2) is 9.07 Å². The molecule has 5 rings (SSSR count). The van der Waals surface area contributed by atoms with Crippen molar-refractivity contribution in [2.24, 2.45) is 0 Å². The molecule has 0 fully saturated rings. The zero-order chi connectivity index (χ0) is 21.6. The second-order valence-corrected chi connectivity index (χ2v) is 6.64. The van der Waals surface area contributed by atoms with E-state index in [1.54, 1.807) is 6.20 Å². The number of halogens is 4. The van der Waals surface area contributed by atoms with E-state index in [0.29, 0.717) is 5.69 Å². The molecule has 0 bridgehead atoms. The molecule has 4 aromatic heterocycles. The first-order chi connectivity index (χ1) is 14.9. The summed E-state index contributed by atoms with van der Waals surface area (Å²) in [6, 6.07) is 8.70. The van der Waals surface area contributed by atoms with Crippen molar-refractivity contribution in [1.82, 2.24) is 35.2 Å². The number of benzene rings is 1. The van der Waals surface area contributed by atoms with Gasteiger partial charge in [-0.2, -0.15) is 13.2 Å². The van der Waals surface area contributed by atoms with Gasteiger partial charge in [0.1, 0.15) is 11.5 Å². The van der Waals surface area contributed by atoms with E-state index < -0.39 is 23.8 Å². The van der Waals surface area contributed by atoms with Gasteiger partial charge in [0.2, 0.25) is 5.89 Å². The van der Waals surface area contributed by atoms with Crippen LogP contribution in [0, 0.1) is 5.82 Å². The third-order valence-electron chi connectivity index (χ3n) is 4.53. The molecule has 156 valence electrons. The fraction of sp³-hybridized carbons (Fsp3) is 0.105. The molecule has 0 saturated carbocycles. The Kier molecular flexibility index (Phi) is 4.27. The van der Waals surface area contributed by atoms with Crippen molar-refractivity contribution < 1.29 is 22.0 Å². The van der Waals surface area contributed by atoms with Gasteiger partial charge in [-0.3, -0.25) is 4.98 Å². The van der Waals surface area contributed by atoms with E-state index in [1.165, 1.54) is 4.68 Å². The van der Waals surface area contributed by atoms with Gasteiger partial charge in [-0.1, -0.05) is 17.3 Å². The molecule has 0 unspecified atom stereocenters. The van der Waals surface area contributed by atoms with Crippen molar-refractivity contribution in [2.45, 2.75) is 12.7 Å². The largest absolute Gasteiger partial charge is 0.470 e. The lowest BCUT2D eigenvalue weighted by Gasteiger charge is -2.03. The van der Waals surface area contributed by atoms with Gasteiger partial charge in [-0.05, 0) is 23.6 Å². The summed E-state index contributed by atoms with van der Waals surface area (Å²) in [6.45, 7) is -0.0263. The highest BCUT2D eigenvalue weighted by Crippen LogP contribution is 2.30. The normalized spacial score (nSPS) is 12.0. The van der Waals surface area contributed by atoms with Crippen LogP contribution in [0.1, 0.15) is 11.6 Å². The number of rotatable bonds is 4. The van der Waals surface area contributed by atoms with Crippen LogP contribution in [0.5, 0.6) is 0 Å². The molecule has 1 N–H and O–H groups in total. The molecule has 4 heterocycles. The molecule has 0 atom stereocenters. The minimum atomic E-state index is -4.78. The number of pyridine rings is 1. The Balaban J connectivity index is 1.36. The van der Waals surface area contributed by atoms with Crippen LogP contribution in [0.3, 0.4) is 0 Å². The van der Waals surface area contributed by atoms with Crippen LogP contribution in [0.25, 0.3) is 33.6 Å². The van der Waals surface area contributed by atoms with Gasteiger partial charge < -0.3 is 9.40 Å². The van der Waals surface area contributed by atoms with Crippen LogP contribution in [-0.2, 0) is 12.7 Å². The number of aromatic nitrogens is 7. The van der Waals surface area contributed by atoms with Crippen molar-refractivity contribution in [1.29, 1.82) is 0 Å². The summed E-state index contributed by atoms with van der Waals surface area (Å²) in [7, 11) is 0. The SMILES string of the molecule is Fc1cc(-c2nnc(C(F)(F)F)o2)cnc1Cn1cc(-c2ccc3cc[nH]c3c2)nn1. The molecule has 8 nitrogen and oxygen atoms in total. The molecule has 5 aromatic rings. The van der Waals surface area contributed by atoms with Crippen LogP contribution < -0.4 is 0 Å². The third-order valence-corrected chi connectivity index (χ3v) is 4.53. The van der Waals surface area contributed by atoms with E-state index >= 15 is 0 Å². The molecule has 1 aromatic carbocycles. The standard InChI is InChI=1S/C19H11F4N7O/c20-13-5-12(17-27-28-18(31-17)19(21,22)23)7-25-16(13)9-30-8-15(26-29-30)11-2-1-10-3-4-24-14(10)6-11/h1-8,24H,9H2. The predicted molar refractivity (Wildman–Crippen MR) is 98.9 cm³/mol. The first-order valence-electron chi connectivity index (χ1n) is 8.90. The molecule has 0 aliphatic rings. The molecule has 0 saturated heterocycles. The maximum atomic E-state index is 14.5. The summed E-state index contributed by atoms with van der Waals surface area (Å²) in [6.07, 6.45) is -0.148. The Hall–Kier alpha value is -4.09. The van der Waals surface area contributed by atoms with Gasteiger partial charge in [0, 0.05) is 23.5 Å². The van der Waals surface area contributed by atoms with E-state index in [2.05, 4.69) is 34.9 Å². The summed E-state index contributed by atoms with van der Waals surface area (Å²) in [5.74, 6) is -2.75.